The van der Waals surface area contributed by atoms with E-state index in [1.807, 2.05) is 18.7 Å². The maximum atomic E-state index is 9.48. The molecule has 17 heavy (non-hydrogen) atoms. The van der Waals surface area contributed by atoms with Crippen molar-refractivity contribution in [2.45, 2.75) is 81.9 Å². The Balaban J connectivity index is 1.74. The second-order valence-electron chi connectivity index (χ2n) is 5.80. The third-order valence-electron chi connectivity index (χ3n) is 4.33. The molecule has 0 aromatic carbocycles. The number of rotatable bonds is 4. The summed E-state index contributed by atoms with van der Waals surface area (Å²) in [5.74, 6) is 1.05. The number of hydrogen-bond acceptors (Lipinski definition) is 3. The van der Waals surface area contributed by atoms with Crippen LogP contribution in [0.1, 0.15) is 58.8 Å². The maximum Gasteiger partial charge on any atom is 0.0687 e. The fourth-order valence-corrected chi connectivity index (χ4v) is 4.01. The zero-order valence-electron chi connectivity index (χ0n) is 11.2. The van der Waals surface area contributed by atoms with E-state index in [1.165, 1.54) is 44.9 Å². The third kappa shape index (κ3) is 3.62. The third-order valence-corrected chi connectivity index (χ3v) is 5.81. The molecule has 2 aliphatic rings. The molecule has 2 nitrogen and oxygen atoms in total. The molecule has 2 rings (SSSR count). The molecule has 1 saturated heterocycles. The van der Waals surface area contributed by atoms with Crippen LogP contribution in [0.4, 0.5) is 0 Å². The van der Waals surface area contributed by atoms with Gasteiger partial charge in [0.2, 0.25) is 0 Å². The van der Waals surface area contributed by atoms with Crippen molar-refractivity contribution in [3.63, 3.8) is 0 Å². The van der Waals surface area contributed by atoms with Crippen LogP contribution in [-0.4, -0.2) is 33.9 Å². The van der Waals surface area contributed by atoms with Crippen molar-refractivity contribution in [3.8, 4) is 0 Å². The van der Waals surface area contributed by atoms with E-state index >= 15 is 0 Å². The number of hydrogen-bond donors (Lipinski definition) is 1. The van der Waals surface area contributed by atoms with Crippen LogP contribution in [-0.2, 0) is 4.74 Å². The van der Waals surface area contributed by atoms with Crippen molar-refractivity contribution >= 4 is 11.8 Å². The second kappa shape index (κ2) is 5.94. The second-order valence-corrected chi connectivity index (χ2v) is 7.21. The number of ether oxygens (including phenoxy) is 1. The molecule has 3 heteroatoms. The predicted molar refractivity (Wildman–Crippen MR) is 73.5 cm³/mol. The molecule has 0 bridgehead atoms. The summed E-state index contributed by atoms with van der Waals surface area (Å²) in [4.78, 5) is 0. The largest absolute Gasteiger partial charge is 0.392 e. The van der Waals surface area contributed by atoms with Crippen LogP contribution in [0.3, 0.4) is 0 Å². The summed E-state index contributed by atoms with van der Waals surface area (Å²) in [6, 6.07) is 0. The minimum atomic E-state index is -0.218. The Kier molecular flexibility index (Phi) is 4.79. The molecule has 100 valence electrons. The summed E-state index contributed by atoms with van der Waals surface area (Å²) in [6.07, 6.45) is 9.35. The maximum absolute atomic E-state index is 9.48. The van der Waals surface area contributed by atoms with E-state index in [4.69, 9.17) is 4.74 Å². The molecule has 0 aromatic heterocycles. The highest BCUT2D eigenvalue weighted by molar-refractivity contribution is 7.99. The quantitative estimate of drug-likeness (QED) is 0.838. The molecule has 1 aliphatic heterocycles. The van der Waals surface area contributed by atoms with Gasteiger partial charge in [0.25, 0.3) is 0 Å². The van der Waals surface area contributed by atoms with Gasteiger partial charge in [-0.15, -0.1) is 0 Å². The van der Waals surface area contributed by atoms with Crippen molar-refractivity contribution in [2.24, 2.45) is 0 Å². The standard InChI is InChI=1S/C14H26O2S/c1-11(15)12(2)17-10-13-6-9-14(16-13)7-4-3-5-8-14/h11-13,15H,3-10H2,1-2H3. The highest BCUT2D eigenvalue weighted by atomic mass is 32.2. The monoisotopic (exact) mass is 258 g/mol. The molecule has 3 atom stereocenters. The summed E-state index contributed by atoms with van der Waals surface area (Å²) in [5.41, 5.74) is 0.248. The lowest BCUT2D eigenvalue weighted by atomic mass is 9.83. The highest BCUT2D eigenvalue weighted by Crippen LogP contribution is 2.42. The zero-order valence-corrected chi connectivity index (χ0v) is 12.0. The minimum absolute atomic E-state index is 0.218. The molecule has 0 amide bonds. The van der Waals surface area contributed by atoms with E-state index in [0.29, 0.717) is 11.4 Å². The summed E-state index contributed by atoms with van der Waals surface area (Å²) >= 11 is 1.85. The van der Waals surface area contributed by atoms with Gasteiger partial charge < -0.3 is 9.84 Å². The van der Waals surface area contributed by atoms with Crippen LogP contribution < -0.4 is 0 Å². The molecule has 1 N–H and O–H groups in total. The fraction of sp³-hybridized carbons (Fsp3) is 1.00. The predicted octanol–water partition coefficient (Wildman–Crippen LogP) is 3.37. The molecular formula is C14H26O2S. The Morgan fingerprint density at radius 1 is 1.24 bits per heavy atom. The first-order valence-corrected chi connectivity index (χ1v) is 8.14. The van der Waals surface area contributed by atoms with E-state index < -0.39 is 0 Å². The Hall–Kier alpha value is 0.270. The molecule has 1 spiro atoms. The van der Waals surface area contributed by atoms with Crippen LogP contribution in [0.2, 0.25) is 0 Å². The Bertz CT molecular complexity index is 236. The molecule has 0 aromatic rings. The first-order chi connectivity index (χ1) is 8.11. The summed E-state index contributed by atoms with van der Waals surface area (Å²) in [7, 11) is 0. The molecular weight excluding hydrogens is 232 g/mol. The lowest BCUT2D eigenvalue weighted by Crippen LogP contribution is -2.32. The van der Waals surface area contributed by atoms with Gasteiger partial charge in [-0.1, -0.05) is 26.2 Å². The fourth-order valence-electron chi connectivity index (χ4n) is 2.98. The minimum Gasteiger partial charge on any atom is -0.392 e. The highest BCUT2D eigenvalue weighted by Gasteiger charge is 2.40. The van der Waals surface area contributed by atoms with Crippen LogP contribution in [0.15, 0.2) is 0 Å². The number of thioether (sulfide) groups is 1. The van der Waals surface area contributed by atoms with E-state index in [0.717, 1.165) is 5.75 Å². The van der Waals surface area contributed by atoms with Crippen molar-refractivity contribution in [1.29, 1.82) is 0 Å². The summed E-state index contributed by atoms with van der Waals surface area (Å²) in [6.45, 7) is 3.97. The van der Waals surface area contributed by atoms with Gasteiger partial charge in [0.1, 0.15) is 0 Å². The van der Waals surface area contributed by atoms with Crippen LogP contribution in [0.5, 0.6) is 0 Å². The van der Waals surface area contributed by atoms with Crippen molar-refractivity contribution < 1.29 is 9.84 Å². The summed E-state index contributed by atoms with van der Waals surface area (Å²) in [5, 5.41) is 9.80. The van der Waals surface area contributed by atoms with Gasteiger partial charge in [-0.05, 0) is 32.6 Å². The topological polar surface area (TPSA) is 29.5 Å². The van der Waals surface area contributed by atoms with E-state index in [2.05, 4.69) is 6.92 Å². The van der Waals surface area contributed by atoms with Crippen molar-refractivity contribution in [3.05, 3.63) is 0 Å². The van der Waals surface area contributed by atoms with Gasteiger partial charge >= 0.3 is 0 Å². The van der Waals surface area contributed by atoms with Gasteiger partial charge in [-0.3, -0.25) is 0 Å². The average molecular weight is 258 g/mol. The molecule has 0 radical (unpaired) electrons. The number of aliphatic hydroxyl groups excluding tert-OH is 1. The Morgan fingerprint density at radius 3 is 2.59 bits per heavy atom. The number of aliphatic hydroxyl groups is 1. The van der Waals surface area contributed by atoms with E-state index in [1.54, 1.807) is 0 Å². The van der Waals surface area contributed by atoms with Gasteiger partial charge in [0.05, 0.1) is 17.8 Å². The molecule has 1 saturated carbocycles. The summed E-state index contributed by atoms with van der Waals surface area (Å²) < 4.78 is 6.32. The van der Waals surface area contributed by atoms with Gasteiger partial charge in [-0.25, -0.2) is 0 Å². The normalized spacial score (nSPS) is 31.6. The Labute approximate surface area is 110 Å². The van der Waals surface area contributed by atoms with E-state index in [9.17, 15) is 5.11 Å². The lowest BCUT2D eigenvalue weighted by molar-refractivity contribution is -0.0555. The lowest BCUT2D eigenvalue weighted by Gasteiger charge is -2.33. The van der Waals surface area contributed by atoms with Gasteiger partial charge in [0, 0.05) is 11.0 Å². The average Bonchev–Trinajstić information content (AvgIpc) is 2.70. The van der Waals surface area contributed by atoms with Gasteiger partial charge in [0.15, 0.2) is 0 Å². The smallest absolute Gasteiger partial charge is 0.0687 e. The van der Waals surface area contributed by atoms with Crippen molar-refractivity contribution in [2.75, 3.05) is 5.75 Å². The molecule has 2 fully saturated rings. The molecule has 3 unspecified atom stereocenters. The molecule has 1 heterocycles. The van der Waals surface area contributed by atoms with Crippen LogP contribution in [0, 0.1) is 0 Å². The van der Waals surface area contributed by atoms with E-state index in [-0.39, 0.29) is 11.7 Å². The van der Waals surface area contributed by atoms with Crippen molar-refractivity contribution in [1.82, 2.24) is 0 Å². The van der Waals surface area contributed by atoms with Gasteiger partial charge in [-0.2, -0.15) is 11.8 Å². The Morgan fingerprint density at radius 2 is 1.94 bits per heavy atom. The first kappa shape index (κ1) is 13.7. The first-order valence-electron chi connectivity index (χ1n) is 7.09. The van der Waals surface area contributed by atoms with Crippen LogP contribution >= 0.6 is 11.8 Å². The van der Waals surface area contributed by atoms with Crippen LogP contribution in [0.25, 0.3) is 0 Å². The molecule has 1 aliphatic carbocycles. The zero-order chi connectivity index (χ0) is 12.3. The SMILES string of the molecule is CC(O)C(C)SCC1CCC2(CCCCC2)O1.